The highest BCUT2D eigenvalue weighted by Gasteiger charge is 2.35. The lowest BCUT2D eigenvalue weighted by atomic mass is 10.0. The summed E-state index contributed by atoms with van der Waals surface area (Å²) in [6, 6.07) is 3.64. The molecule has 20 heavy (non-hydrogen) atoms. The summed E-state index contributed by atoms with van der Waals surface area (Å²) in [5.74, 6) is -0.734. The van der Waals surface area contributed by atoms with Crippen LogP contribution in [0.5, 0.6) is 5.75 Å². The molecular formula is C14H18F3NO2. The third-order valence-electron chi connectivity index (χ3n) is 3.56. The number of phenolic OH excluding ortho intramolecular Hbond substituents is 1. The smallest absolute Gasteiger partial charge is 0.419 e. The largest absolute Gasteiger partial charge is 0.507 e. The van der Waals surface area contributed by atoms with E-state index >= 15 is 0 Å². The summed E-state index contributed by atoms with van der Waals surface area (Å²) in [4.78, 5) is 2.09. The number of hydrogen-bond donors (Lipinski definition) is 1. The van der Waals surface area contributed by atoms with Crippen LogP contribution >= 0.6 is 0 Å². The van der Waals surface area contributed by atoms with Crippen LogP contribution < -0.4 is 0 Å². The van der Waals surface area contributed by atoms with Gasteiger partial charge in [0.15, 0.2) is 0 Å². The van der Waals surface area contributed by atoms with Crippen LogP contribution in [0.3, 0.4) is 0 Å². The van der Waals surface area contributed by atoms with Crippen molar-refractivity contribution in [1.82, 2.24) is 4.90 Å². The number of benzene rings is 1. The maximum Gasteiger partial charge on any atom is 0.419 e. The third kappa shape index (κ3) is 3.24. The zero-order chi connectivity index (χ0) is 15.0. The Morgan fingerprint density at radius 1 is 1.35 bits per heavy atom. The Kier molecular flexibility index (Phi) is 3.97. The average molecular weight is 289 g/mol. The zero-order valence-electron chi connectivity index (χ0n) is 11.5. The van der Waals surface area contributed by atoms with Gasteiger partial charge in [-0.2, -0.15) is 13.2 Å². The maximum atomic E-state index is 12.8. The second-order valence-electron chi connectivity index (χ2n) is 5.64. The Morgan fingerprint density at radius 3 is 2.65 bits per heavy atom. The molecule has 2 rings (SSSR count). The fraction of sp³-hybridized carbons (Fsp3) is 0.571. The standard InChI is InChI=1S/C14H18F3NO2/c1-13(2)9-20-6-5-18(13)8-10-3-4-12(19)11(7-10)14(15,16)17/h3-4,7,19H,5-6,8-9H2,1-2H3. The van der Waals surface area contributed by atoms with Gasteiger partial charge in [-0.15, -0.1) is 0 Å². The Morgan fingerprint density at radius 2 is 2.05 bits per heavy atom. The molecule has 6 heteroatoms. The van der Waals surface area contributed by atoms with Crippen molar-refractivity contribution in [2.45, 2.75) is 32.1 Å². The molecule has 0 unspecified atom stereocenters. The molecule has 0 radical (unpaired) electrons. The summed E-state index contributed by atoms with van der Waals surface area (Å²) in [7, 11) is 0. The summed E-state index contributed by atoms with van der Waals surface area (Å²) in [5, 5.41) is 9.33. The van der Waals surface area contributed by atoms with E-state index < -0.39 is 17.5 Å². The summed E-state index contributed by atoms with van der Waals surface area (Å²) in [6.45, 7) is 6.20. The molecule has 1 N–H and O–H groups in total. The second kappa shape index (κ2) is 5.26. The number of rotatable bonds is 2. The third-order valence-corrected chi connectivity index (χ3v) is 3.56. The number of morpholine rings is 1. The topological polar surface area (TPSA) is 32.7 Å². The number of phenols is 1. The van der Waals surface area contributed by atoms with Crippen molar-refractivity contribution in [1.29, 1.82) is 0 Å². The Bertz CT molecular complexity index is 486. The highest BCUT2D eigenvalue weighted by molar-refractivity contribution is 5.38. The molecule has 0 amide bonds. The minimum atomic E-state index is -4.54. The number of hydrogen-bond acceptors (Lipinski definition) is 3. The number of halogens is 3. The van der Waals surface area contributed by atoms with Gasteiger partial charge < -0.3 is 9.84 Å². The molecule has 1 heterocycles. The summed E-state index contributed by atoms with van der Waals surface area (Å²) < 4.78 is 43.7. The zero-order valence-corrected chi connectivity index (χ0v) is 11.5. The molecule has 0 saturated carbocycles. The van der Waals surface area contributed by atoms with Crippen LogP contribution in [0, 0.1) is 0 Å². The first-order valence-electron chi connectivity index (χ1n) is 6.42. The highest BCUT2D eigenvalue weighted by Crippen LogP contribution is 2.36. The van der Waals surface area contributed by atoms with E-state index in [9.17, 15) is 18.3 Å². The van der Waals surface area contributed by atoms with Gasteiger partial charge in [0.1, 0.15) is 5.75 Å². The van der Waals surface area contributed by atoms with Crippen LogP contribution in [-0.4, -0.2) is 35.3 Å². The van der Waals surface area contributed by atoms with E-state index in [0.29, 0.717) is 31.9 Å². The summed E-state index contributed by atoms with van der Waals surface area (Å²) >= 11 is 0. The number of aromatic hydroxyl groups is 1. The molecule has 3 nitrogen and oxygen atoms in total. The molecule has 1 aliphatic heterocycles. The quantitative estimate of drug-likeness (QED) is 0.908. The van der Waals surface area contributed by atoms with Gasteiger partial charge >= 0.3 is 6.18 Å². The van der Waals surface area contributed by atoms with Crippen LogP contribution in [0.4, 0.5) is 13.2 Å². The molecule has 112 valence electrons. The monoisotopic (exact) mass is 289 g/mol. The highest BCUT2D eigenvalue weighted by atomic mass is 19.4. The van der Waals surface area contributed by atoms with Crippen molar-refractivity contribution in [3.05, 3.63) is 29.3 Å². The van der Waals surface area contributed by atoms with Crippen molar-refractivity contribution in [2.24, 2.45) is 0 Å². The molecule has 1 saturated heterocycles. The Labute approximate surface area is 116 Å². The number of nitrogens with zero attached hydrogens (tertiary/aromatic N) is 1. The normalized spacial score (nSPS) is 20.1. The minimum Gasteiger partial charge on any atom is -0.507 e. The van der Waals surface area contributed by atoms with Gasteiger partial charge in [-0.25, -0.2) is 0 Å². The molecule has 1 aliphatic rings. The van der Waals surface area contributed by atoms with Gasteiger partial charge in [0.05, 0.1) is 18.8 Å². The van der Waals surface area contributed by atoms with Gasteiger partial charge in [-0.3, -0.25) is 4.90 Å². The summed E-state index contributed by atoms with van der Waals surface area (Å²) in [5.41, 5.74) is -0.666. The molecule has 0 atom stereocenters. The first-order valence-corrected chi connectivity index (χ1v) is 6.42. The Hall–Kier alpha value is -1.27. The van der Waals surface area contributed by atoms with Crippen LogP contribution in [0.25, 0.3) is 0 Å². The first-order chi connectivity index (χ1) is 9.20. The molecule has 0 aliphatic carbocycles. The van der Waals surface area contributed by atoms with Gasteiger partial charge in [-0.1, -0.05) is 6.07 Å². The molecular weight excluding hydrogens is 271 g/mol. The van der Waals surface area contributed by atoms with E-state index in [-0.39, 0.29) is 5.54 Å². The molecule has 0 aromatic heterocycles. The average Bonchev–Trinajstić information content (AvgIpc) is 2.32. The van der Waals surface area contributed by atoms with Crippen molar-refractivity contribution in [2.75, 3.05) is 19.8 Å². The van der Waals surface area contributed by atoms with E-state index in [1.165, 1.54) is 6.07 Å². The van der Waals surface area contributed by atoms with Crippen LogP contribution in [0.1, 0.15) is 25.0 Å². The van der Waals surface area contributed by atoms with Crippen molar-refractivity contribution < 1.29 is 23.0 Å². The van der Waals surface area contributed by atoms with E-state index in [1.807, 2.05) is 13.8 Å². The fourth-order valence-corrected chi connectivity index (χ4v) is 2.31. The molecule has 1 aromatic carbocycles. The Balaban J connectivity index is 2.22. The molecule has 1 aromatic rings. The van der Waals surface area contributed by atoms with Gasteiger partial charge in [-0.05, 0) is 31.5 Å². The van der Waals surface area contributed by atoms with E-state index in [1.54, 1.807) is 0 Å². The van der Waals surface area contributed by atoms with Gasteiger partial charge in [0.25, 0.3) is 0 Å². The molecule has 1 fully saturated rings. The predicted octanol–water partition coefficient (Wildman–Crippen LogP) is 3.02. The maximum absolute atomic E-state index is 12.8. The lowest BCUT2D eigenvalue weighted by molar-refractivity contribution is -0.138. The fourth-order valence-electron chi connectivity index (χ4n) is 2.31. The predicted molar refractivity (Wildman–Crippen MR) is 68.4 cm³/mol. The first kappa shape index (κ1) is 15.1. The van der Waals surface area contributed by atoms with Crippen molar-refractivity contribution >= 4 is 0 Å². The molecule has 0 bridgehead atoms. The van der Waals surface area contributed by atoms with Crippen LogP contribution in [-0.2, 0) is 17.5 Å². The van der Waals surface area contributed by atoms with Gasteiger partial charge in [0.2, 0.25) is 0 Å². The summed E-state index contributed by atoms with van der Waals surface area (Å²) in [6.07, 6.45) is -4.54. The SMILES string of the molecule is CC1(C)COCCN1Cc1ccc(O)c(C(F)(F)F)c1. The van der Waals surface area contributed by atoms with Crippen LogP contribution in [0.2, 0.25) is 0 Å². The van der Waals surface area contributed by atoms with Crippen molar-refractivity contribution in [3.63, 3.8) is 0 Å². The number of ether oxygens (including phenoxy) is 1. The van der Waals surface area contributed by atoms with Crippen LogP contribution in [0.15, 0.2) is 18.2 Å². The minimum absolute atomic E-state index is 0.214. The van der Waals surface area contributed by atoms with Crippen molar-refractivity contribution in [3.8, 4) is 5.75 Å². The second-order valence-corrected chi connectivity index (χ2v) is 5.64. The van der Waals surface area contributed by atoms with E-state index in [0.717, 1.165) is 12.1 Å². The number of alkyl halides is 3. The van der Waals surface area contributed by atoms with E-state index in [2.05, 4.69) is 4.90 Å². The lowest BCUT2D eigenvalue weighted by Gasteiger charge is -2.42. The molecule has 0 spiro atoms. The van der Waals surface area contributed by atoms with E-state index in [4.69, 9.17) is 4.74 Å². The van der Waals surface area contributed by atoms with Gasteiger partial charge in [0, 0.05) is 18.6 Å². The lowest BCUT2D eigenvalue weighted by Crippen LogP contribution is -2.52.